The van der Waals surface area contributed by atoms with Gasteiger partial charge in [-0.2, -0.15) is 0 Å². The van der Waals surface area contributed by atoms with Gasteiger partial charge in [-0.3, -0.25) is 0 Å². The highest BCUT2D eigenvalue weighted by atomic mass is 79.9. The Bertz CT molecular complexity index is 826. The summed E-state index contributed by atoms with van der Waals surface area (Å²) in [6.07, 6.45) is 1.68. The van der Waals surface area contributed by atoms with Crippen LogP contribution in [0.5, 0.6) is 5.75 Å². The molecular formula is C17H11Br2NO3. The number of esters is 1. The Labute approximate surface area is 150 Å². The third kappa shape index (κ3) is 3.54. The lowest BCUT2D eigenvalue weighted by Crippen LogP contribution is -2.05. The minimum absolute atomic E-state index is 0.264. The first-order chi connectivity index (χ1) is 11.1. The van der Waals surface area contributed by atoms with Crippen LogP contribution in [0.4, 0.5) is 0 Å². The van der Waals surface area contributed by atoms with Gasteiger partial charge < -0.3 is 9.47 Å². The monoisotopic (exact) mass is 435 g/mol. The molecule has 2 aromatic rings. The Kier molecular flexibility index (Phi) is 4.63. The highest BCUT2D eigenvalue weighted by Gasteiger charge is 2.24. The summed E-state index contributed by atoms with van der Waals surface area (Å²) in [6, 6.07) is 12.9. The van der Waals surface area contributed by atoms with Crippen LogP contribution >= 0.6 is 31.9 Å². The maximum atomic E-state index is 12.0. The fourth-order valence-electron chi connectivity index (χ4n) is 2.06. The number of halogens is 2. The van der Waals surface area contributed by atoms with Crippen LogP contribution in [-0.2, 0) is 9.53 Å². The Morgan fingerprint density at radius 3 is 2.52 bits per heavy atom. The molecule has 116 valence electrons. The van der Waals surface area contributed by atoms with Gasteiger partial charge >= 0.3 is 5.97 Å². The normalized spacial score (nSPS) is 15.5. The maximum Gasteiger partial charge on any atom is 0.363 e. The maximum absolute atomic E-state index is 12.0. The van der Waals surface area contributed by atoms with Crippen LogP contribution in [0.1, 0.15) is 11.1 Å². The van der Waals surface area contributed by atoms with Gasteiger partial charge in [0.1, 0.15) is 5.75 Å². The number of rotatable bonds is 3. The molecule has 0 saturated heterocycles. The van der Waals surface area contributed by atoms with Crippen LogP contribution < -0.4 is 4.74 Å². The van der Waals surface area contributed by atoms with E-state index in [0.29, 0.717) is 5.90 Å². The molecule has 0 spiro atoms. The second kappa shape index (κ2) is 6.68. The molecular weight excluding hydrogens is 426 g/mol. The molecule has 6 heteroatoms. The topological polar surface area (TPSA) is 47.9 Å². The average Bonchev–Trinajstić information content (AvgIpc) is 2.89. The van der Waals surface area contributed by atoms with Crippen molar-refractivity contribution in [2.45, 2.75) is 0 Å². The van der Waals surface area contributed by atoms with Gasteiger partial charge in [-0.1, -0.05) is 22.0 Å². The van der Waals surface area contributed by atoms with Gasteiger partial charge in [-0.25, -0.2) is 9.79 Å². The van der Waals surface area contributed by atoms with Crippen molar-refractivity contribution in [3.8, 4) is 5.75 Å². The Hall–Kier alpha value is -1.92. The predicted molar refractivity (Wildman–Crippen MR) is 95.4 cm³/mol. The summed E-state index contributed by atoms with van der Waals surface area (Å²) in [6.45, 7) is 0. The zero-order valence-electron chi connectivity index (χ0n) is 12.0. The van der Waals surface area contributed by atoms with Crippen LogP contribution in [0.2, 0.25) is 0 Å². The van der Waals surface area contributed by atoms with E-state index in [2.05, 4.69) is 36.9 Å². The van der Waals surface area contributed by atoms with Crippen molar-refractivity contribution in [1.29, 1.82) is 0 Å². The molecule has 0 fully saturated rings. The Morgan fingerprint density at radius 1 is 1.13 bits per heavy atom. The molecule has 1 aliphatic heterocycles. The number of methoxy groups -OCH3 is 1. The molecule has 0 atom stereocenters. The number of ether oxygens (including phenoxy) is 2. The molecule has 0 amide bonds. The highest BCUT2D eigenvalue weighted by molar-refractivity contribution is 9.10. The van der Waals surface area contributed by atoms with Gasteiger partial charge in [0.15, 0.2) is 5.70 Å². The van der Waals surface area contributed by atoms with Crippen molar-refractivity contribution in [3.63, 3.8) is 0 Å². The molecule has 0 aliphatic carbocycles. The summed E-state index contributed by atoms with van der Waals surface area (Å²) in [4.78, 5) is 16.3. The SMILES string of the molecule is COc1ccc(/C=C2\N=C(c3ccc(Br)cc3)OC2=O)cc1Br. The number of carbonyl (C=O) groups is 1. The van der Waals surface area contributed by atoms with Crippen molar-refractivity contribution < 1.29 is 14.3 Å². The summed E-state index contributed by atoms with van der Waals surface area (Å²) < 4.78 is 12.2. The van der Waals surface area contributed by atoms with Crippen LogP contribution in [0.25, 0.3) is 6.08 Å². The largest absolute Gasteiger partial charge is 0.496 e. The van der Waals surface area contributed by atoms with Crippen LogP contribution in [0.3, 0.4) is 0 Å². The van der Waals surface area contributed by atoms with Gasteiger partial charge in [0.25, 0.3) is 0 Å². The van der Waals surface area contributed by atoms with Crippen molar-refractivity contribution in [1.82, 2.24) is 0 Å². The summed E-state index contributed by atoms with van der Waals surface area (Å²) in [5, 5.41) is 0. The first-order valence-corrected chi connectivity index (χ1v) is 8.27. The standard InChI is InChI=1S/C17H11Br2NO3/c1-22-15-7-2-10(8-13(15)19)9-14-17(21)23-16(20-14)11-3-5-12(18)6-4-11/h2-9H,1H3/b14-9-. The summed E-state index contributed by atoms with van der Waals surface area (Å²) in [7, 11) is 1.60. The van der Waals surface area contributed by atoms with E-state index in [4.69, 9.17) is 9.47 Å². The molecule has 0 aromatic heterocycles. The molecule has 0 saturated carbocycles. The fourth-order valence-corrected chi connectivity index (χ4v) is 2.88. The zero-order chi connectivity index (χ0) is 16.4. The molecule has 0 bridgehead atoms. The second-order valence-corrected chi connectivity index (χ2v) is 6.51. The highest BCUT2D eigenvalue weighted by Crippen LogP contribution is 2.27. The minimum atomic E-state index is -0.463. The molecule has 0 unspecified atom stereocenters. The van der Waals surface area contributed by atoms with E-state index in [0.717, 1.165) is 25.8 Å². The lowest BCUT2D eigenvalue weighted by molar-refractivity contribution is -0.129. The predicted octanol–water partition coefficient (Wildman–Crippen LogP) is 4.56. The second-order valence-electron chi connectivity index (χ2n) is 4.74. The van der Waals surface area contributed by atoms with Crippen molar-refractivity contribution in [2.75, 3.05) is 7.11 Å². The fraction of sp³-hybridized carbons (Fsp3) is 0.0588. The third-order valence-electron chi connectivity index (χ3n) is 3.19. The number of cyclic esters (lactones) is 1. The molecule has 0 N–H and O–H groups in total. The number of hydrogen-bond donors (Lipinski definition) is 0. The number of benzene rings is 2. The number of carbonyl (C=O) groups excluding carboxylic acids is 1. The van der Waals surface area contributed by atoms with E-state index in [-0.39, 0.29) is 5.70 Å². The van der Waals surface area contributed by atoms with Gasteiger partial charge in [-0.15, -0.1) is 0 Å². The number of aliphatic imine (C=N–C) groups is 1. The molecule has 1 aliphatic rings. The quantitative estimate of drug-likeness (QED) is 0.523. The smallest absolute Gasteiger partial charge is 0.363 e. The summed E-state index contributed by atoms with van der Waals surface area (Å²) >= 11 is 6.78. The van der Waals surface area contributed by atoms with E-state index in [1.165, 1.54) is 0 Å². The first-order valence-electron chi connectivity index (χ1n) is 6.69. The van der Waals surface area contributed by atoms with Crippen molar-refractivity contribution >= 4 is 49.8 Å². The third-order valence-corrected chi connectivity index (χ3v) is 4.34. The van der Waals surface area contributed by atoms with Gasteiger partial charge in [0, 0.05) is 10.0 Å². The van der Waals surface area contributed by atoms with E-state index in [9.17, 15) is 4.79 Å². The van der Waals surface area contributed by atoms with Crippen molar-refractivity contribution in [2.24, 2.45) is 4.99 Å². The molecule has 4 nitrogen and oxygen atoms in total. The van der Waals surface area contributed by atoms with Crippen LogP contribution in [-0.4, -0.2) is 19.0 Å². The van der Waals surface area contributed by atoms with Gasteiger partial charge in [-0.05, 0) is 64.0 Å². The molecule has 23 heavy (non-hydrogen) atoms. The minimum Gasteiger partial charge on any atom is -0.496 e. The van der Waals surface area contributed by atoms with Crippen LogP contribution in [0, 0.1) is 0 Å². The molecule has 3 rings (SSSR count). The Morgan fingerprint density at radius 2 is 1.87 bits per heavy atom. The van der Waals surface area contributed by atoms with Crippen molar-refractivity contribution in [3.05, 3.63) is 68.2 Å². The van der Waals surface area contributed by atoms with Gasteiger partial charge in [0.05, 0.1) is 11.6 Å². The van der Waals surface area contributed by atoms with E-state index < -0.39 is 5.97 Å². The summed E-state index contributed by atoms with van der Waals surface area (Å²) in [5.41, 5.74) is 1.84. The zero-order valence-corrected chi connectivity index (χ0v) is 15.2. The molecule has 1 heterocycles. The number of nitrogens with zero attached hydrogens (tertiary/aromatic N) is 1. The van der Waals surface area contributed by atoms with Crippen LogP contribution in [0.15, 0.2) is 62.1 Å². The lowest BCUT2D eigenvalue weighted by Gasteiger charge is -2.03. The Balaban J connectivity index is 1.91. The number of hydrogen-bond acceptors (Lipinski definition) is 4. The summed E-state index contributed by atoms with van der Waals surface area (Å²) in [5.74, 6) is 0.566. The van der Waals surface area contributed by atoms with E-state index >= 15 is 0 Å². The average molecular weight is 437 g/mol. The molecule has 0 radical (unpaired) electrons. The first kappa shape index (κ1) is 16.0. The molecule has 2 aromatic carbocycles. The lowest BCUT2D eigenvalue weighted by atomic mass is 10.2. The van der Waals surface area contributed by atoms with Gasteiger partial charge in [0.2, 0.25) is 5.90 Å². The van der Waals surface area contributed by atoms with E-state index in [1.54, 1.807) is 13.2 Å². The van der Waals surface area contributed by atoms with E-state index in [1.807, 2.05) is 42.5 Å².